The van der Waals surface area contributed by atoms with Gasteiger partial charge in [-0.15, -0.1) is 0 Å². The number of nitrogens with one attached hydrogen (secondary N) is 1. The molecule has 1 aliphatic rings. The monoisotopic (exact) mass is 284 g/mol. The van der Waals surface area contributed by atoms with Crippen LogP contribution >= 0.6 is 0 Å². The van der Waals surface area contributed by atoms with Gasteiger partial charge in [-0.05, 0) is 0 Å². The number of ether oxygens (including phenoxy) is 1. The third-order valence-electron chi connectivity index (χ3n) is 3.54. The number of aromatic nitrogens is 2. The maximum atomic E-state index is 5.21. The number of methoxy groups -OCH3 is 1. The van der Waals surface area contributed by atoms with Crippen LogP contribution in [0.1, 0.15) is 5.82 Å². The van der Waals surface area contributed by atoms with Gasteiger partial charge in [0, 0.05) is 44.9 Å². The second kappa shape index (κ2) is 6.65. The Balaban J connectivity index is 1.97. The lowest BCUT2D eigenvalue weighted by molar-refractivity contribution is 0.178. The fourth-order valence-electron chi connectivity index (χ4n) is 2.49. The van der Waals surface area contributed by atoms with Crippen LogP contribution in [-0.2, 0) is 11.3 Å². The Morgan fingerprint density at radius 3 is 2.62 bits per heavy atom. The van der Waals surface area contributed by atoms with Crippen molar-refractivity contribution < 1.29 is 4.74 Å². The summed E-state index contributed by atoms with van der Waals surface area (Å²) in [7, 11) is 1.67. The first kappa shape index (κ1) is 14.0. The molecule has 3 rings (SSSR count). The van der Waals surface area contributed by atoms with Crippen LogP contribution in [0.3, 0.4) is 0 Å². The fraction of sp³-hybridized carbons (Fsp3) is 0.375. The molecule has 110 valence electrons. The van der Waals surface area contributed by atoms with Gasteiger partial charge in [-0.25, -0.2) is 9.97 Å². The van der Waals surface area contributed by atoms with Gasteiger partial charge in [-0.1, -0.05) is 30.3 Å². The molecular weight excluding hydrogens is 264 g/mol. The van der Waals surface area contributed by atoms with Crippen molar-refractivity contribution in [3.8, 4) is 11.3 Å². The summed E-state index contributed by atoms with van der Waals surface area (Å²) in [5.41, 5.74) is 2.06. The van der Waals surface area contributed by atoms with Crippen molar-refractivity contribution >= 4 is 5.82 Å². The topological polar surface area (TPSA) is 50.3 Å². The SMILES string of the molecule is COCc1nc(-c2ccccc2)cc(N2CCNCC2)n1. The quantitative estimate of drug-likeness (QED) is 0.926. The highest BCUT2D eigenvalue weighted by atomic mass is 16.5. The Labute approximate surface area is 125 Å². The van der Waals surface area contributed by atoms with Crippen molar-refractivity contribution in [2.45, 2.75) is 6.61 Å². The molecule has 2 aromatic rings. The Hall–Kier alpha value is -1.98. The van der Waals surface area contributed by atoms with E-state index >= 15 is 0 Å². The third-order valence-corrected chi connectivity index (χ3v) is 3.54. The second-order valence-electron chi connectivity index (χ2n) is 5.06. The van der Waals surface area contributed by atoms with Crippen LogP contribution in [0, 0.1) is 0 Å². The van der Waals surface area contributed by atoms with Gasteiger partial charge in [-0.2, -0.15) is 0 Å². The minimum atomic E-state index is 0.430. The summed E-state index contributed by atoms with van der Waals surface area (Å²) in [4.78, 5) is 11.5. The van der Waals surface area contributed by atoms with Crippen LogP contribution < -0.4 is 10.2 Å². The second-order valence-corrected chi connectivity index (χ2v) is 5.06. The molecule has 0 bridgehead atoms. The van der Waals surface area contributed by atoms with Gasteiger partial charge in [0.25, 0.3) is 0 Å². The molecule has 1 aromatic heterocycles. The zero-order valence-electron chi connectivity index (χ0n) is 12.2. The highest BCUT2D eigenvalue weighted by Gasteiger charge is 2.14. The first-order valence-electron chi connectivity index (χ1n) is 7.25. The van der Waals surface area contributed by atoms with Gasteiger partial charge in [0.15, 0.2) is 5.82 Å². The summed E-state index contributed by atoms with van der Waals surface area (Å²) in [6, 6.07) is 12.3. The van der Waals surface area contributed by atoms with Gasteiger partial charge in [0.2, 0.25) is 0 Å². The number of nitrogens with zero attached hydrogens (tertiary/aromatic N) is 3. The Kier molecular flexibility index (Phi) is 4.43. The van der Waals surface area contributed by atoms with Crippen molar-refractivity contribution in [3.63, 3.8) is 0 Å². The van der Waals surface area contributed by atoms with E-state index in [1.165, 1.54) is 0 Å². The third kappa shape index (κ3) is 3.37. The summed E-state index contributed by atoms with van der Waals surface area (Å²) in [6.07, 6.45) is 0. The standard InChI is InChI=1S/C16H20N4O/c1-21-12-15-18-14(13-5-3-2-4-6-13)11-16(19-15)20-9-7-17-8-10-20/h2-6,11,17H,7-10,12H2,1H3. The van der Waals surface area contributed by atoms with Crippen LogP contribution in [0.5, 0.6) is 0 Å². The van der Waals surface area contributed by atoms with Crippen molar-refractivity contribution in [1.82, 2.24) is 15.3 Å². The first-order chi connectivity index (χ1) is 10.4. The molecule has 1 aromatic carbocycles. The normalized spacial score (nSPS) is 15.2. The molecule has 0 unspecified atom stereocenters. The van der Waals surface area contributed by atoms with E-state index in [-0.39, 0.29) is 0 Å². The molecule has 0 atom stereocenters. The largest absolute Gasteiger partial charge is 0.377 e. The minimum Gasteiger partial charge on any atom is -0.377 e. The van der Waals surface area contributed by atoms with Gasteiger partial charge in [0.1, 0.15) is 12.4 Å². The van der Waals surface area contributed by atoms with Crippen molar-refractivity contribution in [3.05, 3.63) is 42.2 Å². The number of piperazine rings is 1. The molecular formula is C16H20N4O. The maximum Gasteiger partial charge on any atom is 0.157 e. The first-order valence-corrected chi connectivity index (χ1v) is 7.25. The molecule has 1 fully saturated rings. The number of hydrogen-bond acceptors (Lipinski definition) is 5. The van der Waals surface area contributed by atoms with Gasteiger partial charge in [-0.3, -0.25) is 0 Å². The van der Waals surface area contributed by atoms with Gasteiger partial charge >= 0.3 is 0 Å². The Morgan fingerprint density at radius 1 is 1.14 bits per heavy atom. The molecule has 0 saturated carbocycles. The van der Waals surface area contributed by atoms with E-state index in [0.717, 1.165) is 49.1 Å². The highest BCUT2D eigenvalue weighted by Crippen LogP contribution is 2.22. The van der Waals surface area contributed by atoms with Crippen LogP contribution in [0.15, 0.2) is 36.4 Å². The van der Waals surface area contributed by atoms with Crippen LogP contribution in [0.25, 0.3) is 11.3 Å². The average molecular weight is 284 g/mol. The average Bonchev–Trinajstić information content (AvgIpc) is 2.56. The van der Waals surface area contributed by atoms with E-state index in [1.807, 2.05) is 18.2 Å². The molecule has 1 saturated heterocycles. The van der Waals surface area contributed by atoms with E-state index in [2.05, 4.69) is 38.4 Å². The van der Waals surface area contributed by atoms with Crippen LogP contribution in [0.4, 0.5) is 5.82 Å². The molecule has 1 N–H and O–H groups in total. The molecule has 5 heteroatoms. The van der Waals surface area contributed by atoms with Crippen molar-refractivity contribution in [1.29, 1.82) is 0 Å². The van der Waals surface area contributed by atoms with Gasteiger partial charge < -0.3 is 15.0 Å². The van der Waals surface area contributed by atoms with Crippen molar-refractivity contribution in [2.24, 2.45) is 0 Å². The van der Waals surface area contributed by atoms with Crippen molar-refractivity contribution in [2.75, 3.05) is 38.2 Å². The molecule has 2 heterocycles. The molecule has 0 spiro atoms. The highest BCUT2D eigenvalue weighted by molar-refractivity contribution is 5.63. The van der Waals surface area contributed by atoms with Gasteiger partial charge in [0.05, 0.1) is 5.69 Å². The van der Waals surface area contributed by atoms with Crippen LogP contribution in [-0.4, -0.2) is 43.3 Å². The summed E-state index contributed by atoms with van der Waals surface area (Å²) in [5.74, 6) is 1.71. The number of hydrogen-bond donors (Lipinski definition) is 1. The maximum absolute atomic E-state index is 5.21. The predicted molar refractivity (Wildman–Crippen MR) is 83.3 cm³/mol. The fourth-order valence-corrected chi connectivity index (χ4v) is 2.49. The van der Waals surface area contributed by atoms with E-state index < -0.39 is 0 Å². The van der Waals surface area contributed by atoms with E-state index in [9.17, 15) is 0 Å². The zero-order valence-corrected chi connectivity index (χ0v) is 12.2. The molecule has 21 heavy (non-hydrogen) atoms. The number of rotatable bonds is 4. The van der Waals surface area contributed by atoms with Crippen LogP contribution in [0.2, 0.25) is 0 Å². The summed E-state index contributed by atoms with van der Waals surface area (Å²) >= 11 is 0. The van der Waals surface area contributed by atoms with E-state index in [1.54, 1.807) is 7.11 Å². The lowest BCUT2D eigenvalue weighted by Crippen LogP contribution is -2.44. The molecule has 5 nitrogen and oxygen atoms in total. The summed E-state index contributed by atoms with van der Waals surface area (Å²) < 4.78 is 5.21. The van der Waals surface area contributed by atoms with E-state index in [0.29, 0.717) is 6.61 Å². The summed E-state index contributed by atoms with van der Waals surface area (Å²) in [5, 5.41) is 3.36. The molecule has 0 radical (unpaired) electrons. The Bertz CT molecular complexity index is 582. The minimum absolute atomic E-state index is 0.430. The molecule has 1 aliphatic heterocycles. The Morgan fingerprint density at radius 2 is 1.90 bits per heavy atom. The summed E-state index contributed by atoms with van der Waals surface area (Å²) in [6.45, 7) is 4.35. The predicted octanol–water partition coefficient (Wildman–Crippen LogP) is 1.70. The molecule has 0 amide bonds. The number of benzene rings is 1. The smallest absolute Gasteiger partial charge is 0.157 e. The lowest BCUT2D eigenvalue weighted by atomic mass is 10.1. The van der Waals surface area contributed by atoms with E-state index in [4.69, 9.17) is 4.74 Å². The lowest BCUT2D eigenvalue weighted by Gasteiger charge is -2.28. The molecule has 0 aliphatic carbocycles. The zero-order chi connectivity index (χ0) is 14.5. The number of anilines is 1.